The van der Waals surface area contributed by atoms with Crippen molar-refractivity contribution < 1.29 is 12.6 Å². The summed E-state index contributed by atoms with van der Waals surface area (Å²) in [6, 6.07) is 22.8. The van der Waals surface area contributed by atoms with E-state index >= 15 is 0 Å². The van der Waals surface area contributed by atoms with Gasteiger partial charge in [-0.1, -0.05) is 48.0 Å². The Hall–Kier alpha value is -3.12. The Balaban J connectivity index is 1.79. The van der Waals surface area contributed by atoms with Gasteiger partial charge in [-0.3, -0.25) is 5.43 Å². The largest absolute Gasteiger partial charge is 0.378 e. The summed E-state index contributed by atoms with van der Waals surface area (Å²) < 4.78 is 30.3. The minimum Gasteiger partial charge on any atom is -0.378 e. The molecule has 0 aliphatic heterocycles. The highest BCUT2D eigenvalue weighted by molar-refractivity contribution is 7.87. The Labute approximate surface area is 153 Å². The van der Waals surface area contributed by atoms with Crippen LogP contribution in [0.3, 0.4) is 0 Å². The first-order chi connectivity index (χ1) is 12.5. The summed E-state index contributed by atoms with van der Waals surface area (Å²) >= 11 is 0. The van der Waals surface area contributed by atoms with E-state index in [-0.39, 0.29) is 10.6 Å². The molecule has 1 N–H and O–H groups in total. The first-order valence-electron chi connectivity index (χ1n) is 7.99. The van der Waals surface area contributed by atoms with Crippen molar-refractivity contribution >= 4 is 22.0 Å². The quantitative estimate of drug-likeness (QED) is 0.403. The number of hydrogen-bond donors (Lipinski definition) is 1. The second kappa shape index (κ2) is 7.84. The summed E-state index contributed by atoms with van der Waals surface area (Å²) in [6.45, 7) is 1.89. The molecule has 0 bridgehead atoms. The zero-order chi connectivity index (χ0) is 18.4. The van der Waals surface area contributed by atoms with Gasteiger partial charge in [-0.25, -0.2) is 0 Å². The minimum atomic E-state index is -3.91. The van der Waals surface area contributed by atoms with E-state index in [0.717, 1.165) is 11.3 Å². The highest BCUT2D eigenvalue weighted by atomic mass is 32.2. The third kappa shape index (κ3) is 4.49. The smallest absolute Gasteiger partial charge is 0.339 e. The molecule has 0 atom stereocenters. The molecule has 132 valence electrons. The lowest BCUT2D eigenvalue weighted by Crippen LogP contribution is -2.11. The van der Waals surface area contributed by atoms with E-state index in [1.165, 1.54) is 18.3 Å². The molecule has 6 heteroatoms. The van der Waals surface area contributed by atoms with E-state index in [4.69, 9.17) is 4.18 Å². The van der Waals surface area contributed by atoms with Gasteiger partial charge in [-0.2, -0.15) is 13.5 Å². The first-order valence-corrected chi connectivity index (χ1v) is 9.40. The lowest BCUT2D eigenvalue weighted by molar-refractivity contribution is 0.485. The van der Waals surface area contributed by atoms with Gasteiger partial charge in [0.2, 0.25) is 0 Å². The molecule has 0 saturated heterocycles. The number of nitrogens with zero attached hydrogens (tertiary/aromatic N) is 1. The SMILES string of the molecule is Cc1ccc(S(=O)(=O)Oc2ccccc2C=NNc2ccccc2)cc1. The molecule has 3 aromatic carbocycles. The highest BCUT2D eigenvalue weighted by Crippen LogP contribution is 2.22. The normalized spacial score (nSPS) is 11.4. The highest BCUT2D eigenvalue weighted by Gasteiger charge is 2.17. The number of aryl methyl sites for hydroxylation is 1. The molecule has 0 amide bonds. The van der Waals surface area contributed by atoms with Crippen molar-refractivity contribution in [3.05, 3.63) is 90.0 Å². The number of anilines is 1. The molecule has 26 heavy (non-hydrogen) atoms. The van der Waals surface area contributed by atoms with Crippen LogP contribution < -0.4 is 9.61 Å². The van der Waals surface area contributed by atoms with Gasteiger partial charge in [0.1, 0.15) is 4.90 Å². The van der Waals surface area contributed by atoms with Crippen LogP contribution in [0.1, 0.15) is 11.1 Å². The lowest BCUT2D eigenvalue weighted by atomic mass is 10.2. The zero-order valence-electron chi connectivity index (χ0n) is 14.2. The van der Waals surface area contributed by atoms with Crippen LogP contribution in [0.25, 0.3) is 0 Å². The van der Waals surface area contributed by atoms with E-state index in [0.29, 0.717) is 5.56 Å². The monoisotopic (exact) mass is 366 g/mol. The molecule has 0 fully saturated rings. The summed E-state index contributed by atoms with van der Waals surface area (Å²) in [5.41, 5.74) is 5.24. The Morgan fingerprint density at radius 2 is 1.54 bits per heavy atom. The van der Waals surface area contributed by atoms with Crippen LogP contribution in [0.2, 0.25) is 0 Å². The molecule has 3 rings (SSSR count). The molecule has 5 nitrogen and oxygen atoms in total. The molecule has 0 radical (unpaired) electrons. The van der Waals surface area contributed by atoms with Crippen LogP contribution in [0.5, 0.6) is 5.75 Å². The predicted molar refractivity (Wildman–Crippen MR) is 103 cm³/mol. The molecule has 0 unspecified atom stereocenters. The number of benzene rings is 3. The zero-order valence-corrected chi connectivity index (χ0v) is 15.0. The van der Waals surface area contributed by atoms with Gasteiger partial charge < -0.3 is 4.18 Å². The van der Waals surface area contributed by atoms with Gasteiger partial charge in [0.25, 0.3) is 0 Å². The molecular weight excluding hydrogens is 348 g/mol. The van der Waals surface area contributed by atoms with Gasteiger partial charge in [0.05, 0.1) is 11.9 Å². The van der Waals surface area contributed by atoms with Crippen molar-refractivity contribution in [1.82, 2.24) is 0 Å². The van der Waals surface area contributed by atoms with E-state index in [9.17, 15) is 8.42 Å². The molecule has 0 aromatic heterocycles. The number of nitrogens with one attached hydrogen (secondary N) is 1. The average Bonchev–Trinajstić information content (AvgIpc) is 2.64. The van der Waals surface area contributed by atoms with Gasteiger partial charge in [0, 0.05) is 5.56 Å². The van der Waals surface area contributed by atoms with Gasteiger partial charge in [-0.15, -0.1) is 0 Å². The van der Waals surface area contributed by atoms with E-state index < -0.39 is 10.1 Å². The maximum atomic E-state index is 12.5. The van der Waals surface area contributed by atoms with Crippen LogP contribution in [0.4, 0.5) is 5.69 Å². The molecule has 0 saturated carbocycles. The number of rotatable bonds is 6. The summed E-state index contributed by atoms with van der Waals surface area (Å²) in [4.78, 5) is 0.109. The van der Waals surface area contributed by atoms with Crippen LogP contribution >= 0.6 is 0 Å². The topological polar surface area (TPSA) is 67.8 Å². The summed E-state index contributed by atoms with van der Waals surface area (Å²) in [7, 11) is -3.91. The van der Waals surface area contributed by atoms with Crippen LogP contribution in [0.15, 0.2) is 88.9 Å². The molecule has 0 spiro atoms. The Morgan fingerprint density at radius 3 is 2.27 bits per heavy atom. The fraction of sp³-hybridized carbons (Fsp3) is 0.0500. The number of hydrogen-bond acceptors (Lipinski definition) is 5. The molecule has 0 aliphatic rings. The fourth-order valence-electron chi connectivity index (χ4n) is 2.22. The third-order valence-corrected chi connectivity index (χ3v) is 4.85. The van der Waals surface area contributed by atoms with Crippen molar-refractivity contribution in [1.29, 1.82) is 0 Å². The summed E-state index contributed by atoms with van der Waals surface area (Å²) in [6.07, 6.45) is 1.52. The number of para-hydroxylation sites is 2. The van der Waals surface area contributed by atoms with Crippen molar-refractivity contribution in [2.75, 3.05) is 5.43 Å². The lowest BCUT2D eigenvalue weighted by Gasteiger charge is -2.09. The summed E-state index contributed by atoms with van der Waals surface area (Å²) in [5, 5.41) is 4.14. The molecule has 0 aliphatic carbocycles. The maximum absolute atomic E-state index is 12.5. The third-order valence-electron chi connectivity index (χ3n) is 3.60. The van der Waals surface area contributed by atoms with Crippen molar-refractivity contribution in [2.24, 2.45) is 5.10 Å². The van der Waals surface area contributed by atoms with Gasteiger partial charge in [-0.05, 0) is 43.3 Å². The maximum Gasteiger partial charge on any atom is 0.339 e. The second-order valence-electron chi connectivity index (χ2n) is 5.62. The second-order valence-corrected chi connectivity index (χ2v) is 7.17. The molecule has 0 heterocycles. The first kappa shape index (κ1) is 17.7. The van der Waals surface area contributed by atoms with E-state index in [1.807, 2.05) is 37.3 Å². The van der Waals surface area contributed by atoms with Crippen molar-refractivity contribution in [3.63, 3.8) is 0 Å². The van der Waals surface area contributed by atoms with Crippen LogP contribution in [-0.4, -0.2) is 14.6 Å². The van der Waals surface area contributed by atoms with Gasteiger partial charge in [0.15, 0.2) is 5.75 Å². The molecule has 3 aromatic rings. The standard InChI is InChI=1S/C20H18N2O3S/c1-16-11-13-19(14-12-16)26(23,24)25-20-10-6-5-7-17(20)15-21-22-18-8-3-2-4-9-18/h2-15,22H,1H3. The Bertz CT molecular complexity index is 999. The Morgan fingerprint density at radius 1 is 0.885 bits per heavy atom. The van der Waals surface area contributed by atoms with Crippen molar-refractivity contribution in [3.8, 4) is 5.75 Å². The fourth-order valence-corrected chi connectivity index (χ4v) is 3.18. The summed E-state index contributed by atoms with van der Waals surface area (Å²) in [5.74, 6) is 0.215. The minimum absolute atomic E-state index is 0.109. The Kier molecular flexibility index (Phi) is 5.34. The molecular formula is C20H18N2O3S. The van der Waals surface area contributed by atoms with Crippen LogP contribution in [0, 0.1) is 6.92 Å². The van der Waals surface area contributed by atoms with E-state index in [1.54, 1.807) is 36.4 Å². The van der Waals surface area contributed by atoms with Crippen molar-refractivity contribution in [2.45, 2.75) is 11.8 Å². The van der Waals surface area contributed by atoms with E-state index in [2.05, 4.69) is 10.5 Å². The predicted octanol–water partition coefficient (Wildman–Crippen LogP) is 4.21. The van der Waals surface area contributed by atoms with Gasteiger partial charge >= 0.3 is 10.1 Å². The van der Waals surface area contributed by atoms with Crippen LogP contribution in [-0.2, 0) is 10.1 Å². The number of hydrazone groups is 1. The average molecular weight is 366 g/mol.